The van der Waals surface area contributed by atoms with Crippen molar-refractivity contribution in [2.24, 2.45) is 0 Å². The average molecular weight is 457 g/mol. The number of benzene rings is 2. The van der Waals surface area contributed by atoms with Crippen LogP contribution in [0.15, 0.2) is 41.3 Å². The monoisotopic (exact) mass is 457 g/mol. The summed E-state index contributed by atoms with van der Waals surface area (Å²) in [5.41, 5.74) is -0.891. The summed E-state index contributed by atoms with van der Waals surface area (Å²) >= 11 is 0. The van der Waals surface area contributed by atoms with Crippen LogP contribution in [0.25, 0.3) is 0 Å². The van der Waals surface area contributed by atoms with E-state index < -0.39 is 33.7 Å². The molecule has 0 aliphatic carbocycles. The van der Waals surface area contributed by atoms with Crippen molar-refractivity contribution in [2.75, 3.05) is 25.1 Å². The quantitative estimate of drug-likeness (QED) is 0.654. The maximum Gasteiger partial charge on any atom is 0.416 e. The molecule has 0 saturated heterocycles. The number of hydrogen-bond acceptors (Lipinski definition) is 6. The minimum Gasteiger partial charge on any atom is -0.465 e. The van der Waals surface area contributed by atoms with Crippen LogP contribution in [0.4, 0.5) is 18.9 Å². The standard InChI is InChI=1S/C20H18F3NO6S/c1-29-18(25)13-8-14(19(26)30-2)11-16(10-13)31(27,28)24-7-3-4-12-9-15(20(21,22)23)5-6-17(12)24/h5-6,8-11H,3-4,7H2,1-2H3. The van der Waals surface area contributed by atoms with Gasteiger partial charge in [0.25, 0.3) is 10.0 Å². The van der Waals surface area contributed by atoms with E-state index in [2.05, 4.69) is 9.47 Å². The Labute approximate surface area is 176 Å². The van der Waals surface area contributed by atoms with Gasteiger partial charge in [-0.1, -0.05) is 0 Å². The molecule has 31 heavy (non-hydrogen) atoms. The summed E-state index contributed by atoms with van der Waals surface area (Å²) in [7, 11) is -2.12. The molecule has 0 saturated carbocycles. The third kappa shape index (κ3) is 4.36. The number of aryl methyl sites for hydroxylation is 1. The first kappa shape index (κ1) is 22.6. The van der Waals surface area contributed by atoms with Crippen LogP contribution in [0.2, 0.25) is 0 Å². The fourth-order valence-corrected chi connectivity index (χ4v) is 4.95. The van der Waals surface area contributed by atoms with E-state index >= 15 is 0 Å². The molecule has 0 bridgehead atoms. The van der Waals surface area contributed by atoms with Crippen molar-refractivity contribution in [1.82, 2.24) is 0 Å². The van der Waals surface area contributed by atoms with E-state index in [9.17, 15) is 31.2 Å². The number of nitrogens with zero attached hydrogens (tertiary/aromatic N) is 1. The smallest absolute Gasteiger partial charge is 0.416 e. The molecule has 0 fully saturated rings. The highest BCUT2D eigenvalue weighted by Gasteiger charge is 2.35. The average Bonchev–Trinajstić information content (AvgIpc) is 2.76. The molecule has 0 amide bonds. The molecule has 0 atom stereocenters. The summed E-state index contributed by atoms with van der Waals surface area (Å²) in [6, 6.07) is 6.09. The predicted molar refractivity (Wildman–Crippen MR) is 103 cm³/mol. The van der Waals surface area contributed by atoms with Gasteiger partial charge in [0, 0.05) is 6.54 Å². The number of methoxy groups -OCH3 is 2. The highest BCUT2D eigenvalue weighted by Crippen LogP contribution is 2.37. The molecule has 166 valence electrons. The van der Waals surface area contributed by atoms with Crippen LogP contribution in [-0.4, -0.2) is 41.1 Å². The fraction of sp³-hybridized carbons (Fsp3) is 0.300. The predicted octanol–water partition coefficient (Wildman–Crippen LogP) is 3.42. The van der Waals surface area contributed by atoms with Crippen LogP contribution in [0.1, 0.15) is 38.3 Å². The number of hydrogen-bond donors (Lipinski definition) is 0. The largest absolute Gasteiger partial charge is 0.465 e. The van der Waals surface area contributed by atoms with E-state index in [-0.39, 0.29) is 40.2 Å². The number of fused-ring (bicyclic) bond motifs is 1. The van der Waals surface area contributed by atoms with Gasteiger partial charge in [0.1, 0.15) is 0 Å². The Hall–Kier alpha value is -3.08. The van der Waals surface area contributed by atoms with E-state index in [0.717, 1.165) is 54.9 Å². The Kier molecular flexibility index (Phi) is 5.99. The summed E-state index contributed by atoms with van der Waals surface area (Å²) in [6.07, 6.45) is -3.98. The van der Waals surface area contributed by atoms with Crippen molar-refractivity contribution in [3.05, 3.63) is 58.7 Å². The molecular formula is C20H18F3NO6S. The number of carbonyl (C=O) groups excluding carboxylic acids is 2. The Morgan fingerprint density at radius 2 is 1.55 bits per heavy atom. The molecule has 11 heteroatoms. The summed E-state index contributed by atoms with van der Waals surface area (Å²) < 4.78 is 76.0. The highest BCUT2D eigenvalue weighted by molar-refractivity contribution is 7.92. The Morgan fingerprint density at radius 1 is 0.968 bits per heavy atom. The zero-order valence-electron chi connectivity index (χ0n) is 16.5. The molecule has 7 nitrogen and oxygen atoms in total. The first-order valence-corrected chi connectivity index (χ1v) is 10.5. The van der Waals surface area contributed by atoms with E-state index in [1.807, 2.05) is 0 Å². The molecule has 1 aliphatic heterocycles. The number of anilines is 1. The first-order chi connectivity index (χ1) is 14.5. The molecular weight excluding hydrogens is 439 g/mol. The second-order valence-electron chi connectivity index (χ2n) is 6.75. The number of esters is 2. The zero-order chi connectivity index (χ0) is 23.0. The number of alkyl halides is 3. The molecule has 2 aromatic carbocycles. The van der Waals surface area contributed by atoms with E-state index in [1.54, 1.807) is 0 Å². The molecule has 0 unspecified atom stereocenters. The van der Waals surface area contributed by atoms with E-state index in [4.69, 9.17) is 0 Å². The minimum absolute atomic E-state index is 0.0245. The number of carbonyl (C=O) groups is 2. The van der Waals surface area contributed by atoms with Gasteiger partial charge in [-0.05, 0) is 54.8 Å². The third-order valence-electron chi connectivity index (χ3n) is 4.82. The van der Waals surface area contributed by atoms with Crippen molar-refractivity contribution in [3.63, 3.8) is 0 Å². The van der Waals surface area contributed by atoms with Gasteiger partial charge in [0.05, 0.1) is 41.5 Å². The molecule has 1 heterocycles. The Balaban J connectivity index is 2.13. The lowest BCUT2D eigenvalue weighted by Gasteiger charge is -2.31. The second-order valence-corrected chi connectivity index (χ2v) is 8.61. The van der Waals surface area contributed by atoms with Gasteiger partial charge in [-0.25, -0.2) is 18.0 Å². The minimum atomic E-state index is -4.56. The normalized spacial score (nSPS) is 14.0. The van der Waals surface area contributed by atoms with E-state index in [0.29, 0.717) is 6.42 Å². The molecule has 1 aliphatic rings. The summed E-state index contributed by atoms with van der Waals surface area (Å²) in [4.78, 5) is 23.6. The summed E-state index contributed by atoms with van der Waals surface area (Å²) in [6.45, 7) is 0.0245. The number of sulfonamides is 1. The number of rotatable bonds is 4. The van der Waals surface area contributed by atoms with Crippen LogP contribution < -0.4 is 4.31 Å². The van der Waals surface area contributed by atoms with Gasteiger partial charge < -0.3 is 9.47 Å². The van der Waals surface area contributed by atoms with Gasteiger partial charge in [-0.15, -0.1) is 0 Å². The van der Waals surface area contributed by atoms with Gasteiger partial charge in [-0.2, -0.15) is 13.2 Å². The first-order valence-electron chi connectivity index (χ1n) is 9.03. The van der Waals surface area contributed by atoms with Crippen molar-refractivity contribution < 1.29 is 40.7 Å². The van der Waals surface area contributed by atoms with Crippen LogP contribution in [0.3, 0.4) is 0 Å². The topological polar surface area (TPSA) is 90.0 Å². The fourth-order valence-electron chi connectivity index (χ4n) is 3.34. The molecule has 3 rings (SSSR count). The summed E-state index contributed by atoms with van der Waals surface area (Å²) in [5, 5.41) is 0. The van der Waals surface area contributed by atoms with Crippen molar-refractivity contribution in [1.29, 1.82) is 0 Å². The van der Waals surface area contributed by atoms with E-state index in [1.165, 1.54) is 0 Å². The van der Waals surface area contributed by atoms with Crippen molar-refractivity contribution in [3.8, 4) is 0 Å². The molecule has 0 spiro atoms. The van der Waals surface area contributed by atoms with Gasteiger partial charge >= 0.3 is 18.1 Å². The number of halogens is 3. The number of ether oxygens (including phenoxy) is 2. The Morgan fingerprint density at radius 3 is 2.06 bits per heavy atom. The molecule has 2 aromatic rings. The van der Waals surface area contributed by atoms with Crippen LogP contribution >= 0.6 is 0 Å². The second kappa shape index (κ2) is 8.22. The maximum atomic E-state index is 13.4. The maximum absolute atomic E-state index is 13.4. The van der Waals surface area contributed by atoms with Crippen molar-refractivity contribution >= 4 is 27.6 Å². The lowest BCUT2D eigenvalue weighted by atomic mass is 10.0. The van der Waals surface area contributed by atoms with Crippen LogP contribution in [0, 0.1) is 0 Å². The van der Waals surface area contributed by atoms with Gasteiger partial charge in [0.15, 0.2) is 0 Å². The molecule has 0 N–H and O–H groups in total. The van der Waals surface area contributed by atoms with Crippen LogP contribution in [-0.2, 0) is 32.1 Å². The van der Waals surface area contributed by atoms with Crippen molar-refractivity contribution in [2.45, 2.75) is 23.9 Å². The highest BCUT2D eigenvalue weighted by atomic mass is 32.2. The SMILES string of the molecule is COC(=O)c1cc(C(=O)OC)cc(S(=O)(=O)N2CCCc3cc(C(F)(F)F)ccc32)c1. The lowest BCUT2D eigenvalue weighted by Crippen LogP contribution is -2.36. The van der Waals surface area contributed by atoms with Gasteiger partial charge in [0.2, 0.25) is 0 Å². The molecule has 0 radical (unpaired) electrons. The van der Waals surface area contributed by atoms with Gasteiger partial charge in [-0.3, -0.25) is 4.31 Å². The zero-order valence-corrected chi connectivity index (χ0v) is 17.3. The van der Waals surface area contributed by atoms with Crippen LogP contribution in [0.5, 0.6) is 0 Å². The molecule has 0 aromatic heterocycles. The Bertz CT molecular complexity index is 1110. The lowest BCUT2D eigenvalue weighted by molar-refractivity contribution is -0.137. The summed E-state index contributed by atoms with van der Waals surface area (Å²) in [5.74, 6) is -1.73. The third-order valence-corrected chi connectivity index (χ3v) is 6.61.